The number of aliphatic hydroxyl groups excluding tert-OH is 1. The molecular formula is C72H81F3N11O8S2Si. The molecule has 0 spiro atoms. The molecule has 6 atom stereocenters. The summed E-state index contributed by atoms with van der Waals surface area (Å²) in [7, 11) is -6.05. The van der Waals surface area contributed by atoms with E-state index in [1.165, 1.54) is 11.1 Å². The maximum absolute atomic E-state index is 16.1. The predicted octanol–water partition coefficient (Wildman–Crippen LogP) is 8.27. The van der Waals surface area contributed by atoms with Gasteiger partial charge in [-0.25, -0.2) is 23.1 Å². The molecule has 19 nitrogen and oxygen atoms in total. The van der Waals surface area contributed by atoms with Gasteiger partial charge in [0.05, 0.1) is 52.6 Å². The van der Waals surface area contributed by atoms with Gasteiger partial charge >= 0.3 is 10.2 Å². The number of carbonyl (C=O) groups is 4. The number of alkyl halides is 1. The summed E-state index contributed by atoms with van der Waals surface area (Å²) in [5.41, 5.74) is 5.00. The fraction of sp³-hybridized carbons (Fsp3) is 0.389. The smallest absolute Gasteiger partial charge is 0.301 e. The molecule has 1 radical (unpaired) electrons. The molecule has 4 fully saturated rings. The Morgan fingerprint density at radius 1 is 0.814 bits per heavy atom. The average Bonchev–Trinajstić information content (AvgIpc) is 1.71. The molecule has 0 bridgehead atoms. The second-order valence-corrected chi connectivity index (χ2v) is 31.5. The number of aromatic amines is 1. The number of nitrogens with one attached hydrogen (secondary N) is 4. The van der Waals surface area contributed by atoms with Crippen LogP contribution in [0.1, 0.15) is 86.6 Å². The summed E-state index contributed by atoms with van der Waals surface area (Å²) in [6.45, 7) is 13.9. The molecule has 8 aromatic rings. The minimum Gasteiger partial charge on any atom is -0.406 e. The van der Waals surface area contributed by atoms with Crippen molar-refractivity contribution in [3.8, 4) is 21.6 Å². The number of carbonyl (C=O) groups excluding carboxylic acids is 4. The molecule has 97 heavy (non-hydrogen) atoms. The van der Waals surface area contributed by atoms with E-state index in [1.807, 2.05) is 125 Å². The van der Waals surface area contributed by atoms with Crippen LogP contribution in [-0.2, 0) is 29.0 Å². The van der Waals surface area contributed by atoms with Gasteiger partial charge < -0.3 is 34.9 Å². The molecule has 509 valence electrons. The number of pyridine rings is 1. The minimum absolute atomic E-state index is 0.000154. The van der Waals surface area contributed by atoms with Crippen molar-refractivity contribution in [2.45, 2.75) is 96.7 Å². The molecule has 7 heterocycles. The third kappa shape index (κ3) is 15.7. The largest absolute Gasteiger partial charge is 0.406 e. The van der Waals surface area contributed by atoms with Gasteiger partial charge in [-0.15, -0.1) is 11.3 Å². The summed E-state index contributed by atoms with van der Waals surface area (Å²) in [6, 6.07) is 37.8. The Morgan fingerprint density at radius 3 is 2.15 bits per heavy atom. The van der Waals surface area contributed by atoms with Crippen LogP contribution in [0.3, 0.4) is 0 Å². The number of anilines is 2. The van der Waals surface area contributed by atoms with Gasteiger partial charge in [-0.2, -0.15) is 12.7 Å². The van der Waals surface area contributed by atoms with E-state index in [9.17, 15) is 37.1 Å². The van der Waals surface area contributed by atoms with Crippen LogP contribution >= 0.6 is 11.3 Å². The molecular weight excluding hydrogens is 1300 g/mol. The summed E-state index contributed by atoms with van der Waals surface area (Å²) >= 11 is 1.57. The van der Waals surface area contributed by atoms with Gasteiger partial charge in [0, 0.05) is 92.9 Å². The van der Waals surface area contributed by atoms with Crippen LogP contribution < -0.4 is 30.6 Å². The fourth-order valence-electron chi connectivity index (χ4n) is 13.6. The number of halogens is 3. The van der Waals surface area contributed by atoms with Crippen LogP contribution in [0.25, 0.3) is 32.6 Å². The van der Waals surface area contributed by atoms with E-state index in [1.54, 1.807) is 23.6 Å². The Bertz CT molecular complexity index is 4200. The SMILES string of the molecule is Cc1ncsc1-c1ccc([C@H](C)NC(=O)[C@@H]2C[C@@H](O)CN2C(=O)[C@@H](NC(=O)CN2CCC(CN3CCN(c4ccc(-c5cnc6[nH]cc(C(=O)c7c(F)ccc(NS(=O)(=O)N8CC[C@@H](F)C8)c7F)c6c5)cc4)C[C@H]3CO[Si](c3ccccc3)c3ccccc3)CC2)C(C)(C)C)cc1. The number of benzene rings is 5. The molecule has 5 aromatic carbocycles. The number of hydrogen-bond acceptors (Lipinski definition) is 14. The maximum atomic E-state index is 16.1. The Morgan fingerprint density at radius 2 is 1.51 bits per heavy atom. The third-order valence-electron chi connectivity index (χ3n) is 19.1. The van der Waals surface area contributed by atoms with Gasteiger partial charge in [-0.1, -0.05) is 118 Å². The second-order valence-electron chi connectivity index (χ2n) is 26.9. The molecule has 0 saturated carbocycles. The molecule has 25 heteroatoms. The lowest BCUT2D eigenvalue weighted by Crippen LogP contribution is -2.59. The van der Waals surface area contributed by atoms with Gasteiger partial charge in [0.25, 0.3) is 9.04 Å². The molecule has 5 N–H and O–H groups in total. The number of piperidine rings is 1. The number of ketones is 1. The molecule has 4 aliphatic heterocycles. The zero-order valence-electron chi connectivity index (χ0n) is 54.9. The van der Waals surface area contributed by atoms with E-state index in [4.69, 9.17) is 4.43 Å². The average molecular weight is 1380 g/mol. The first-order valence-electron chi connectivity index (χ1n) is 33.0. The van der Waals surface area contributed by atoms with Crippen molar-refractivity contribution in [2.75, 3.05) is 81.7 Å². The second kappa shape index (κ2) is 29.5. The number of thiazole rings is 1. The van der Waals surface area contributed by atoms with E-state index in [2.05, 4.69) is 69.3 Å². The van der Waals surface area contributed by atoms with E-state index < -0.39 is 90.1 Å². The number of hydrogen-bond donors (Lipinski definition) is 5. The van der Waals surface area contributed by atoms with Crippen molar-refractivity contribution < 1.29 is 50.3 Å². The molecule has 12 rings (SSSR count). The Balaban J connectivity index is 0.690. The highest BCUT2D eigenvalue weighted by Crippen LogP contribution is 2.34. The van der Waals surface area contributed by atoms with Gasteiger partial charge in [0.2, 0.25) is 23.5 Å². The lowest BCUT2D eigenvalue weighted by atomic mass is 9.85. The first-order chi connectivity index (χ1) is 46.5. The zero-order chi connectivity index (χ0) is 68.3. The van der Waals surface area contributed by atoms with Crippen molar-refractivity contribution in [1.82, 2.24) is 44.6 Å². The summed E-state index contributed by atoms with van der Waals surface area (Å²) in [5, 5.41) is 19.6. The lowest BCUT2D eigenvalue weighted by Gasteiger charge is -2.45. The number of aryl methyl sites for hydroxylation is 1. The number of likely N-dealkylation sites (tertiary alicyclic amines) is 2. The third-order valence-corrected chi connectivity index (χ3v) is 23.7. The summed E-state index contributed by atoms with van der Waals surface area (Å²) in [6.07, 6.45) is 2.46. The number of aromatic nitrogens is 3. The van der Waals surface area contributed by atoms with Crippen molar-refractivity contribution in [2.24, 2.45) is 11.3 Å². The molecule has 3 amide bonds. The van der Waals surface area contributed by atoms with Crippen LogP contribution in [0.2, 0.25) is 0 Å². The first kappa shape index (κ1) is 68.8. The van der Waals surface area contributed by atoms with Crippen molar-refractivity contribution in [3.05, 3.63) is 179 Å². The summed E-state index contributed by atoms with van der Waals surface area (Å²) in [4.78, 5) is 78.1. The quantitative estimate of drug-likeness (QED) is 0.0319. The number of fused-ring (bicyclic) bond motifs is 1. The lowest BCUT2D eigenvalue weighted by molar-refractivity contribution is -0.144. The summed E-state index contributed by atoms with van der Waals surface area (Å²) in [5.74, 6) is -4.35. The predicted molar refractivity (Wildman–Crippen MR) is 372 cm³/mol. The highest BCUT2D eigenvalue weighted by atomic mass is 32.2. The number of H-pyrrole nitrogens is 1. The van der Waals surface area contributed by atoms with Crippen molar-refractivity contribution in [1.29, 1.82) is 0 Å². The van der Waals surface area contributed by atoms with Crippen LogP contribution in [0.5, 0.6) is 0 Å². The monoisotopic (exact) mass is 1380 g/mol. The topological polar surface area (TPSA) is 226 Å². The standard InChI is InChI=1S/C72H81F3N11O8S2Si/c1-45(48-16-18-50(19-17-48)67-46(2)78-44-95-67)79-70(90)62-35-55(87)41-86(62)71(91)68(72(3,4)5)80-63(88)42-82-29-26-47(27-30-82)38-83-32-33-84(40-54(83)43-94-97(56-12-8-6-9-13-56)57-14-10-7-11-15-57)53-22-20-49(21-23-53)51-34-58-59(37-77-69(58)76-36-51)66(89)64-60(74)24-25-61(65(64)75)81-96(92,93)85-31-28-52(73)39-85/h6-25,34,36-37,44-45,47,52,54-55,62,68,81,87H,26-33,35,38-43H2,1-5H3,(H,76,77)(H,79,90)(H,80,88)/t45-,52+,54-,55+,62-,68+/m0/s1. The minimum atomic E-state index is -4.41. The highest BCUT2D eigenvalue weighted by Gasteiger charge is 2.45. The number of nitrogens with zero attached hydrogens (tertiary/aromatic N) is 7. The first-order valence-corrected chi connectivity index (χ1v) is 36.7. The maximum Gasteiger partial charge on any atom is 0.301 e. The molecule has 4 aliphatic rings. The van der Waals surface area contributed by atoms with E-state index in [-0.39, 0.29) is 61.9 Å². The van der Waals surface area contributed by atoms with E-state index >= 15 is 8.78 Å². The number of β-amino-alcohol motifs (C(OH)–C–C–N with tert-alkyl or cyclic N) is 1. The van der Waals surface area contributed by atoms with Crippen LogP contribution in [0.4, 0.5) is 24.5 Å². The normalized spacial score (nSPS) is 19.9. The van der Waals surface area contributed by atoms with Crippen LogP contribution in [0, 0.1) is 29.9 Å². The molecule has 0 aliphatic carbocycles. The number of piperazine rings is 1. The van der Waals surface area contributed by atoms with Gasteiger partial charge in [-0.05, 0) is 115 Å². The number of rotatable bonds is 22. The van der Waals surface area contributed by atoms with Crippen LogP contribution in [0.15, 0.2) is 145 Å². The highest BCUT2D eigenvalue weighted by molar-refractivity contribution is 7.90. The van der Waals surface area contributed by atoms with Gasteiger partial charge in [0.1, 0.15) is 29.7 Å². The molecule has 4 saturated heterocycles. The Labute approximate surface area is 569 Å². The molecule has 0 unspecified atom stereocenters. The number of amides is 3. The fourth-order valence-corrected chi connectivity index (χ4v) is 17.7. The Kier molecular flexibility index (Phi) is 20.9. The van der Waals surface area contributed by atoms with E-state index in [0.717, 1.165) is 92.2 Å². The van der Waals surface area contributed by atoms with E-state index in [0.29, 0.717) is 48.8 Å². The van der Waals surface area contributed by atoms with Crippen molar-refractivity contribution >= 4 is 86.9 Å². The van der Waals surface area contributed by atoms with Crippen LogP contribution in [-0.4, -0.2) is 182 Å². The Hall–Kier alpha value is -8.14. The molecule has 3 aromatic heterocycles. The zero-order valence-corrected chi connectivity index (χ0v) is 57.5. The number of aliphatic hydroxyl groups is 1. The van der Waals surface area contributed by atoms with Gasteiger partial charge in [0.15, 0.2) is 5.82 Å². The van der Waals surface area contributed by atoms with Crippen molar-refractivity contribution in [3.63, 3.8) is 0 Å². The summed E-state index contributed by atoms with van der Waals surface area (Å²) < 4.78 is 81.5. The van der Waals surface area contributed by atoms with Gasteiger partial charge in [-0.3, -0.25) is 33.7 Å².